The lowest BCUT2D eigenvalue weighted by Crippen LogP contribution is -2.12. The molecule has 0 atom stereocenters. The molecule has 0 saturated carbocycles. The van der Waals surface area contributed by atoms with Crippen LogP contribution < -0.4 is 5.73 Å². The Bertz CT molecular complexity index is 741. The molecule has 0 saturated heterocycles. The van der Waals surface area contributed by atoms with Crippen molar-refractivity contribution in [2.75, 3.05) is 0 Å². The molecule has 1 aromatic carbocycles. The number of carbonyl (C=O) groups excluding carboxylic acids is 1. The number of hydrogen-bond donors (Lipinski definition) is 2. The third kappa shape index (κ3) is 1.64. The van der Waals surface area contributed by atoms with Gasteiger partial charge < -0.3 is 15.1 Å². The van der Waals surface area contributed by atoms with E-state index in [9.17, 15) is 4.79 Å². The van der Waals surface area contributed by atoms with Crippen molar-refractivity contribution in [2.24, 2.45) is 5.73 Å². The van der Waals surface area contributed by atoms with Crippen LogP contribution in [0.5, 0.6) is 0 Å². The molecule has 1 amide bonds. The fraction of sp³-hybridized carbons (Fsp3) is 0.0833. The number of nitrogens with zero attached hydrogens (tertiary/aromatic N) is 2. The number of benzene rings is 1. The zero-order valence-electron chi connectivity index (χ0n) is 9.60. The maximum absolute atomic E-state index is 11.0. The number of hydrogen-bond acceptors (Lipinski definition) is 4. The second kappa shape index (κ2) is 3.69. The molecule has 6 heteroatoms. The number of aromatic amines is 1. The normalized spacial score (nSPS) is 10.9. The molecule has 18 heavy (non-hydrogen) atoms. The minimum atomic E-state index is -0.584. The molecule has 0 aliphatic rings. The number of fused-ring (bicyclic) bond motifs is 1. The molecule has 2 heterocycles. The summed E-state index contributed by atoms with van der Waals surface area (Å²) in [5.41, 5.74) is 8.22. The Morgan fingerprint density at radius 3 is 3.00 bits per heavy atom. The fourth-order valence-electron chi connectivity index (χ4n) is 1.80. The van der Waals surface area contributed by atoms with Crippen molar-refractivity contribution in [2.45, 2.75) is 6.92 Å². The maximum atomic E-state index is 11.0. The van der Waals surface area contributed by atoms with Gasteiger partial charge in [-0.05, 0) is 18.2 Å². The number of carbonyl (C=O) groups is 1. The topological polar surface area (TPSA) is 97.8 Å². The van der Waals surface area contributed by atoms with Crippen molar-refractivity contribution in [3.05, 3.63) is 36.1 Å². The minimum Gasteiger partial charge on any atom is -0.441 e. The Hall–Kier alpha value is -2.63. The van der Waals surface area contributed by atoms with Gasteiger partial charge in [0.2, 0.25) is 0 Å². The number of nitrogens with one attached hydrogen (secondary N) is 1. The van der Waals surface area contributed by atoms with Crippen LogP contribution in [0.25, 0.3) is 22.4 Å². The van der Waals surface area contributed by atoms with Gasteiger partial charge in [-0.3, -0.25) is 4.79 Å². The highest BCUT2D eigenvalue weighted by Gasteiger charge is 2.09. The zero-order valence-corrected chi connectivity index (χ0v) is 9.60. The number of oxazole rings is 1. The van der Waals surface area contributed by atoms with Gasteiger partial charge in [0.1, 0.15) is 5.52 Å². The summed E-state index contributed by atoms with van der Waals surface area (Å²) in [7, 11) is 0. The van der Waals surface area contributed by atoms with Gasteiger partial charge in [0.05, 0.1) is 11.9 Å². The standard InChI is InChI=1S/C12H10N4O2/c1-6-15-8-4-7(2-3-10(8)18-6)9-5-14-12(16-9)11(13)17/h2-5H,1H3,(H2,13,17)(H,14,16). The third-order valence-electron chi connectivity index (χ3n) is 2.61. The van der Waals surface area contributed by atoms with Gasteiger partial charge in [0, 0.05) is 12.5 Å². The quantitative estimate of drug-likeness (QED) is 0.713. The summed E-state index contributed by atoms with van der Waals surface area (Å²) in [6.07, 6.45) is 1.56. The van der Waals surface area contributed by atoms with Crippen LogP contribution in [-0.4, -0.2) is 20.9 Å². The SMILES string of the molecule is Cc1nc2cc(-c3cnc(C(N)=O)[nH]3)ccc2o1. The Morgan fingerprint density at radius 2 is 2.28 bits per heavy atom. The maximum Gasteiger partial charge on any atom is 0.284 e. The first-order valence-corrected chi connectivity index (χ1v) is 5.36. The fourth-order valence-corrected chi connectivity index (χ4v) is 1.80. The van der Waals surface area contributed by atoms with E-state index in [0.717, 1.165) is 16.7 Å². The molecular formula is C12H10N4O2. The molecule has 0 radical (unpaired) electrons. The smallest absolute Gasteiger partial charge is 0.284 e. The number of amides is 1. The van der Waals surface area contributed by atoms with Gasteiger partial charge in [0.25, 0.3) is 5.91 Å². The average molecular weight is 242 g/mol. The summed E-state index contributed by atoms with van der Waals surface area (Å²) in [6.45, 7) is 1.79. The van der Waals surface area contributed by atoms with Crippen molar-refractivity contribution in [1.29, 1.82) is 0 Å². The summed E-state index contributed by atoms with van der Waals surface area (Å²) in [5.74, 6) is 0.172. The predicted octanol–water partition coefficient (Wildman–Crippen LogP) is 1.63. The highest BCUT2D eigenvalue weighted by molar-refractivity contribution is 5.90. The average Bonchev–Trinajstić information content (AvgIpc) is 2.91. The van der Waals surface area contributed by atoms with E-state index in [0.29, 0.717) is 11.6 Å². The molecule has 2 aromatic heterocycles. The van der Waals surface area contributed by atoms with Crippen LogP contribution in [0.3, 0.4) is 0 Å². The molecule has 90 valence electrons. The Morgan fingerprint density at radius 1 is 1.44 bits per heavy atom. The lowest BCUT2D eigenvalue weighted by atomic mass is 10.1. The van der Waals surface area contributed by atoms with Crippen LogP contribution in [0.4, 0.5) is 0 Å². The largest absolute Gasteiger partial charge is 0.441 e. The first-order chi connectivity index (χ1) is 8.63. The van der Waals surface area contributed by atoms with E-state index < -0.39 is 5.91 Å². The number of aryl methyl sites for hydroxylation is 1. The number of H-pyrrole nitrogens is 1. The first kappa shape index (κ1) is 10.5. The molecule has 3 rings (SSSR count). The Kier molecular flexibility index (Phi) is 2.16. The van der Waals surface area contributed by atoms with E-state index in [4.69, 9.17) is 10.2 Å². The summed E-state index contributed by atoms with van der Waals surface area (Å²) in [4.78, 5) is 22.0. The van der Waals surface area contributed by atoms with Crippen LogP contribution >= 0.6 is 0 Å². The molecule has 0 fully saturated rings. The third-order valence-corrected chi connectivity index (χ3v) is 2.61. The molecule has 0 spiro atoms. The monoisotopic (exact) mass is 242 g/mol. The number of imidazole rings is 1. The van der Waals surface area contributed by atoms with Gasteiger partial charge >= 0.3 is 0 Å². The van der Waals surface area contributed by atoms with Crippen molar-refractivity contribution in [3.8, 4) is 11.3 Å². The van der Waals surface area contributed by atoms with Crippen molar-refractivity contribution < 1.29 is 9.21 Å². The van der Waals surface area contributed by atoms with Crippen molar-refractivity contribution >= 4 is 17.0 Å². The highest BCUT2D eigenvalue weighted by Crippen LogP contribution is 2.23. The highest BCUT2D eigenvalue weighted by atomic mass is 16.3. The summed E-state index contributed by atoms with van der Waals surface area (Å²) in [6, 6.07) is 5.56. The molecule has 0 bridgehead atoms. The van der Waals surface area contributed by atoms with E-state index >= 15 is 0 Å². The van der Waals surface area contributed by atoms with Crippen molar-refractivity contribution in [1.82, 2.24) is 15.0 Å². The van der Waals surface area contributed by atoms with Gasteiger partial charge in [-0.1, -0.05) is 0 Å². The molecule has 6 nitrogen and oxygen atoms in total. The van der Waals surface area contributed by atoms with E-state index in [1.54, 1.807) is 13.1 Å². The minimum absolute atomic E-state index is 0.140. The van der Waals surface area contributed by atoms with Crippen LogP contribution in [-0.2, 0) is 0 Å². The second-order valence-electron chi connectivity index (χ2n) is 3.93. The van der Waals surface area contributed by atoms with Gasteiger partial charge in [-0.2, -0.15) is 0 Å². The molecular weight excluding hydrogens is 232 g/mol. The molecule has 3 N–H and O–H groups in total. The van der Waals surface area contributed by atoms with Crippen LogP contribution in [0, 0.1) is 6.92 Å². The van der Waals surface area contributed by atoms with Gasteiger partial charge in [-0.15, -0.1) is 0 Å². The number of nitrogens with two attached hydrogens (primary N) is 1. The van der Waals surface area contributed by atoms with Crippen LogP contribution in [0.2, 0.25) is 0 Å². The van der Waals surface area contributed by atoms with Crippen LogP contribution in [0.15, 0.2) is 28.8 Å². The van der Waals surface area contributed by atoms with Crippen LogP contribution in [0.1, 0.15) is 16.5 Å². The van der Waals surface area contributed by atoms with E-state index in [2.05, 4.69) is 15.0 Å². The lowest BCUT2D eigenvalue weighted by Gasteiger charge is -1.96. The Labute approximate surface area is 102 Å². The number of primary amides is 1. The Balaban J connectivity index is 2.09. The molecule has 0 aliphatic heterocycles. The predicted molar refractivity (Wildman–Crippen MR) is 64.8 cm³/mol. The van der Waals surface area contributed by atoms with E-state index in [-0.39, 0.29) is 5.82 Å². The lowest BCUT2D eigenvalue weighted by molar-refractivity contribution is 0.0991. The van der Waals surface area contributed by atoms with Crippen molar-refractivity contribution in [3.63, 3.8) is 0 Å². The second-order valence-corrected chi connectivity index (χ2v) is 3.93. The van der Waals surface area contributed by atoms with E-state index in [1.165, 1.54) is 0 Å². The first-order valence-electron chi connectivity index (χ1n) is 5.36. The van der Waals surface area contributed by atoms with E-state index in [1.807, 2.05) is 18.2 Å². The summed E-state index contributed by atoms with van der Waals surface area (Å²) >= 11 is 0. The van der Waals surface area contributed by atoms with Gasteiger partial charge in [-0.25, -0.2) is 9.97 Å². The number of rotatable bonds is 2. The summed E-state index contributed by atoms with van der Waals surface area (Å²) in [5, 5.41) is 0. The zero-order chi connectivity index (χ0) is 12.7. The van der Waals surface area contributed by atoms with Gasteiger partial charge in [0.15, 0.2) is 17.3 Å². The molecule has 0 aliphatic carbocycles. The summed E-state index contributed by atoms with van der Waals surface area (Å²) < 4.78 is 5.39. The molecule has 0 unspecified atom stereocenters. The molecule has 3 aromatic rings. The number of aromatic nitrogens is 3.